The van der Waals surface area contributed by atoms with E-state index >= 15 is 0 Å². The third kappa shape index (κ3) is 4.80. The lowest BCUT2D eigenvalue weighted by atomic mass is 9.95. The summed E-state index contributed by atoms with van der Waals surface area (Å²) in [4.78, 5) is 48.3. The van der Waals surface area contributed by atoms with Gasteiger partial charge in [0.2, 0.25) is 0 Å². The number of allylic oxidation sites excluding steroid dienone is 1. The third-order valence-corrected chi connectivity index (χ3v) is 8.92. The third-order valence-electron chi connectivity index (χ3n) is 7.18. The number of nitrogens with zero attached hydrogens (tertiary/aromatic N) is 3. The summed E-state index contributed by atoms with van der Waals surface area (Å²) >= 11 is 4.76. The zero-order chi connectivity index (χ0) is 29.4. The Hall–Kier alpha value is -3.70. The van der Waals surface area contributed by atoms with Gasteiger partial charge in [-0.15, -0.1) is 0 Å². The van der Waals surface area contributed by atoms with Gasteiger partial charge in [-0.2, -0.15) is 0 Å². The average molecular weight is 641 g/mol. The van der Waals surface area contributed by atoms with Crippen molar-refractivity contribution in [2.24, 2.45) is 4.99 Å². The Bertz CT molecular complexity index is 1770. The fourth-order valence-electron chi connectivity index (χ4n) is 5.25. The minimum Gasteiger partial charge on any atom is -0.493 e. The number of hydrogen-bond acceptors (Lipinski definition) is 8. The van der Waals surface area contributed by atoms with Crippen LogP contribution in [0.3, 0.4) is 0 Å². The van der Waals surface area contributed by atoms with Gasteiger partial charge in [0.25, 0.3) is 11.5 Å². The maximum atomic E-state index is 14.4. The lowest BCUT2D eigenvalue weighted by Gasteiger charge is -2.26. The Balaban J connectivity index is 1.82. The number of anilines is 1. The summed E-state index contributed by atoms with van der Waals surface area (Å²) in [6.45, 7) is 6.22. The number of methoxy groups -OCH3 is 2. The van der Waals surface area contributed by atoms with Crippen molar-refractivity contribution in [1.82, 2.24) is 4.57 Å². The Kier molecular flexibility index (Phi) is 8.19. The predicted molar refractivity (Wildman–Crippen MR) is 160 cm³/mol. The highest BCUT2D eigenvalue weighted by Gasteiger charge is 2.38. The number of unbranched alkanes of at least 4 members (excludes halogenated alkanes) is 1. The van der Waals surface area contributed by atoms with Gasteiger partial charge in [0.1, 0.15) is 4.53 Å². The highest BCUT2D eigenvalue weighted by molar-refractivity contribution is 9.10. The van der Waals surface area contributed by atoms with Gasteiger partial charge in [0.05, 0.1) is 49.4 Å². The first-order valence-corrected chi connectivity index (χ1v) is 14.9. The van der Waals surface area contributed by atoms with E-state index in [0.29, 0.717) is 49.7 Å². The fraction of sp³-hybridized carbons (Fsp3) is 0.333. The molecule has 1 aromatic heterocycles. The van der Waals surface area contributed by atoms with E-state index in [2.05, 4.69) is 27.8 Å². The van der Waals surface area contributed by atoms with Crippen LogP contribution in [0.2, 0.25) is 0 Å². The van der Waals surface area contributed by atoms with Crippen LogP contribution in [0.25, 0.3) is 5.57 Å². The zero-order valence-electron chi connectivity index (χ0n) is 23.4. The highest BCUT2D eigenvalue weighted by atomic mass is 79.9. The van der Waals surface area contributed by atoms with E-state index in [-0.39, 0.29) is 22.6 Å². The van der Waals surface area contributed by atoms with Crippen molar-refractivity contribution in [2.75, 3.05) is 32.3 Å². The smallest absolute Gasteiger partial charge is 0.338 e. The molecule has 0 radical (unpaired) electrons. The molecule has 11 heteroatoms. The van der Waals surface area contributed by atoms with Crippen LogP contribution < -0.4 is 29.3 Å². The zero-order valence-corrected chi connectivity index (χ0v) is 25.8. The topological polar surface area (TPSA) is 99.4 Å². The number of amides is 1. The van der Waals surface area contributed by atoms with E-state index in [1.807, 2.05) is 24.3 Å². The second kappa shape index (κ2) is 11.7. The van der Waals surface area contributed by atoms with Crippen molar-refractivity contribution in [3.8, 4) is 11.5 Å². The molecule has 0 spiro atoms. The number of carbonyl (C=O) groups excluding carboxylic acids is 2. The van der Waals surface area contributed by atoms with Crippen LogP contribution in [-0.2, 0) is 14.3 Å². The van der Waals surface area contributed by atoms with Crippen LogP contribution in [0, 0.1) is 0 Å². The minimum absolute atomic E-state index is 0.156. The standard InChI is InChI=1S/C30H30BrN3O6S/c1-6-8-13-33-20-12-10-9-11-17(20)24(27(33)35)26-28(36)34-25(18-14-21(38-4)22(39-5)15-19(18)31)23(29(37)40-7-2)16(3)32-30(34)41-26/h9-12,14-15,25H,6-8,13H2,1-5H3/b26-24+/t25-/m1/s1. The summed E-state index contributed by atoms with van der Waals surface area (Å²) in [5.74, 6) is 0.123. The summed E-state index contributed by atoms with van der Waals surface area (Å²) < 4.78 is 18.8. The molecule has 0 fully saturated rings. The number of para-hydroxylation sites is 1. The molecule has 2 aromatic carbocycles. The van der Waals surface area contributed by atoms with Gasteiger partial charge in [0.15, 0.2) is 16.3 Å². The van der Waals surface area contributed by atoms with Gasteiger partial charge in [0, 0.05) is 16.6 Å². The Labute approximate surface area is 249 Å². The number of aromatic nitrogens is 1. The molecule has 2 aliphatic rings. The van der Waals surface area contributed by atoms with Gasteiger partial charge in [-0.3, -0.25) is 14.2 Å². The second-order valence-corrected chi connectivity index (χ2v) is 11.4. The van der Waals surface area contributed by atoms with E-state index in [1.165, 1.54) is 18.8 Å². The fourth-order valence-corrected chi connectivity index (χ4v) is 6.93. The molecule has 1 atom stereocenters. The van der Waals surface area contributed by atoms with Crippen LogP contribution in [0.5, 0.6) is 11.5 Å². The molecule has 0 aliphatic carbocycles. The molecule has 0 saturated heterocycles. The van der Waals surface area contributed by atoms with Crippen LogP contribution in [-0.4, -0.2) is 43.8 Å². The van der Waals surface area contributed by atoms with Gasteiger partial charge in [-0.25, -0.2) is 9.79 Å². The number of carbonyl (C=O) groups is 2. The summed E-state index contributed by atoms with van der Waals surface area (Å²) in [7, 11) is 3.05. The quantitative estimate of drug-likeness (QED) is 0.344. The highest BCUT2D eigenvalue weighted by Crippen LogP contribution is 2.41. The lowest BCUT2D eigenvalue weighted by molar-refractivity contribution is -0.139. The molecule has 1 amide bonds. The summed E-state index contributed by atoms with van der Waals surface area (Å²) in [5.41, 5.74) is 2.68. The first-order valence-electron chi connectivity index (χ1n) is 13.3. The minimum atomic E-state index is -0.892. The number of rotatable bonds is 8. The summed E-state index contributed by atoms with van der Waals surface area (Å²) in [6, 6.07) is 10.1. The molecule has 0 unspecified atom stereocenters. The monoisotopic (exact) mass is 639 g/mol. The molecule has 0 saturated carbocycles. The normalized spacial score (nSPS) is 17.3. The Morgan fingerprint density at radius 1 is 1.10 bits per heavy atom. The van der Waals surface area contributed by atoms with Crippen molar-refractivity contribution in [2.45, 2.75) is 39.7 Å². The first kappa shape index (κ1) is 28.8. The van der Waals surface area contributed by atoms with E-state index in [9.17, 15) is 14.4 Å². The SMILES string of the molecule is CCCCN1C(=O)/C(=c2/sc3n(c2=O)[C@H](c2cc(OC)c(OC)cc2Br)C(C(=O)OCC)=C(C)N=3)c2ccccc21. The molecule has 2 aliphatic heterocycles. The van der Waals surface area contributed by atoms with Crippen molar-refractivity contribution >= 4 is 50.4 Å². The maximum Gasteiger partial charge on any atom is 0.338 e. The molecule has 9 nitrogen and oxygen atoms in total. The number of hydrogen-bond donors (Lipinski definition) is 0. The van der Waals surface area contributed by atoms with Gasteiger partial charge < -0.3 is 19.1 Å². The van der Waals surface area contributed by atoms with Gasteiger partial charge >= 0.3 is 5.97 Å². The predicted octanol–water partition coefficient (Wildman–Crippen LogP) is 4.09. The number of halogens is 1. The van der Waals surface area contributed by atoms with E-state index < -0.39 is 17.6 Å². The van der Waals surface area contributed by atoms with Crippen LogP contribution >= 0.6 is 27.3 Å². The number of ether oxygens (including phenoxy) is 3. The number of benzene rings is 2. The second-order valence-electron chi connectivity index (χ2n) is 9.55. The Morgan fingerprint density at radius 2 is 1.80 bits per heavy atom. The summed E-state index contributed by atoms with van der Waals surface area (Å²) in [5, 5.41) is 0. The number of esters is 1. The van der Waals surface area contributed by atoms with E-state index in [4.69, 9.17) is 14.2 Å². The van der Waals surface area contributed by atoms with Crippen LogP contribution in [0.1, 0.15) is 50.8 Å². The Morgan fingerprint density at radius 3 is 2.49 bits per heavy atom. The van der Waals surface area contributed by atoms with Crippen molar-refractivity contribution in [3.05, 3.63) is 83.0 Å². The molecule has 214 valence electrons. The molecule has 41 heavy (non-hydrogen) atoms. The maximum absolute atomic E-state index is 14.4. The lowest BCUT2D eigenvalue weighted by Crippen LogP contribution is -2.41. The molecule has 3 heterocycles. The largest absolute Gasteiger partial charge is 0.493 e. The molecular weight excluding hydrogens is 610 g/mol. The first-order chi connectivity index (χ1) is 19.8. The van der Waals surface area contributed by atoms with E-state index in [0.717, 1.165) is 29.9 Å². The van der Waals surface area contributed by atoms with Crippen molar-refractivity contribution in [3.63, 3.8) is 0 Å². The molecule has 0 N–H and O–H groups in total. The summed E-state index contributed by atoms with van der Waals surface area (Å²) in [6.07, 6.45) is 1.77. The average Bonchev–Trinajstić information content (AvgIpc) is 3.42. The molecule has 0 bridgehead atoms. The van der Waals surface area contributed by atoms with Crippen LogP contribution in [0.15, 0.2) is 61.9 Å². The number of thiazole rings is 1. The van der Waals surface area contributed by atoms with Crippen LogP contribution in [0.4, 0.5) is 5.69 Å². The van der Waals surface area contributed by atoms with E-state index in [1.54, 1.807) is 30.9 Å². The molecule has 5 rings (SSSR count). The van der Waals surface area contributed by atoms with Gasteiger partial charge in [-0.05, 0) is 44.0 Å². The van der Waals surface area contributed by atoms with Gasteiger partial charge in [-0.1, -0.05) is 58.8 Å². The van der Waals surface area contributed by atoms with Crippen molar-refractivity contribution < 1.29 is 23.8 Å². The molecule has 3 aromatic rings. The number of fused-ring (bicyclic) bond motifs is 2. The molecular formula is C30H30BrN3O6S. The van der Waals surface area contributed by atoms with Crippen molar-refractivity contribution in [1.29, 1.82) is 0 Å².